The number of halogens is 2. The molecule has 0 aliphatic carbocycles. The van der Waals surface area contributed by atoms with Crippen LogP contribution in [0.5, 0.6) is 0 Å². The highest BCUT2D eigenvalue weighted by Crippen LogP contribution is 2.48. The van der Waals surface area contributed by atoms with E-state index in [2.05, 4.69) is 59.3 Å². The molecule has 0 N–H and O–H groups in total. The fourth-order valence-electron chi connectivity index (χ4n) is 5.22. The molecule has 34 heavy (non-hydrogen) atoms. The van der Waals surface area contributed by atoms with Gasteiger partial charge < -0.3 is 4.90 Å². The lowest BCUT2D eigenvalue weighted by Crippen LogP contribution is -2.46. The third-order valence-corrected chi connectivity index (χ3v) is 7.47. The lowest BCUT2D eigenvalue weighted by Gasteiger charge is -2.39. The van der Waals surface area contributed by atoms with E-state index in [0.717, 1.165) is 38.2 Å². The number of nitrogens with zero attached hydrogens (tertiary/aromatic N) is 3. The summed E-state index contributed by atoms with van der Waals surface area (Å²) in [5.41, 5.74) is 5.12. The van der Waals surface area contributed by atoms with Crippen LogP contribution in [0.15, 0.2) is 66.9 Å². The van der Waals surface area contributed by atoms with Crippen molar-refractivity contribution in [3.8, 4) is 0 Å². The molecule has 5 rings (SSSR count). The van der Waals surface area contributed by atoms with E-state index in [9.17, 15) is 4.79 Å². The number of aryl methyl sites for hydroxylation is 1. The quantitative estimate of drug-likeness (QED) is 0.395. The van der Waals surface area contributed by atoms with E-state index in [4.69, 9.17) is 23.2 Å². The zero-order valence-electron chi connectivity index (χ0n) is 19.2. The molecular formula is C28H27Cl2N3O. The molecule has 174 valence electrons. The van der Waals surface area contributed by atoms with Gasteiger partial charge in [-0.3, -0.25) is 9.69 Å². The summed E-state index contributed by atoms with van der Waals surface area (Å²) in [4.78, 5) is 21.8. The molecule has 1 amide bonds. The van der Waals surface area contributed by atoms with Gasteiger partial charge in [-0.1, -0.05) is 65.2 Å². The largest absolute Gasteiger partial charge is 0.307 e. The van der Waals surface area contributed by atoms with E-state index in [-0.39, 0.29) is 11.3 Å². The molecule has 6 heteroatoms. The second-order valence-corrected chi connectivity index (χ2v) is 10.1. The zero-order chi connectivity index (χ0) is 23.7. The Hall–Kier alpha value is -2.66. The summed E-state index contributed by atoms with van der Waals surface area (Å²) in [5.74, 6) is -0.0479. The first-order valence-electron chi connectivity index (χ1n) is 11.6. The molecule has 0 saturated carbocycles. The van der Waals surface area contributed by atoms with Gasteiger partial charge in [0, 0.05) is 41.0 Å². The number of benzene rings is 2. The topological polar surface area (TPSA) is 36.4 Å². The molecule has 2 aliphatic heterocycles. The highest BCUT2D eigenvalue weighted by molar-refractivity contribution is 6.31. The molecule has 0 unspecified atom stereocenters. The summed E-state index contributed by atoms with van der Waals surface area (Å²) in [6.45, 7) is 5.66. The summed E-state index contributed by atoms with van der Waals surface area (Å²) >= 11 is 12.5. The summed E-state index contributed by atoms with van der Waals surface area (Å²) in [5, 5.41) is 1.03. The van der Waals surface area contributed by atoms with Gasteiger partial charge in [-0.05, 0) is 74.3 Å². The smallest absolute Gasteiger partial charge is 0.258 e. The summed E-state index contributed by atoms with van der Waals surface area (Å²) in [6.07, 6.45) is 7.99. The number of piperidine rings is 1. The van der Waals surface area contributed by atoms with E-state index in [1.807, 2.05) is 17.0 Å². The summed E-state index contributed by atoms with van der Waals surface area (Å²) < 4.78 is 0. The number of carbonyl (C=O) groups excluding carboxylic acids is 1. The number of carbonyl (C=O) groups is 1. The summed E-state index contributed by atoms with van der Waals surface area (Å²) in [7, 11) is 0. The molecule has 0 bridgehead atoms. The number of hydrogen-bond donors (Lipinski definition) is 0. The Kier molecular flexibility index (Phi) is 6.48. The van der Waals surface area contributed by atoms with Crippen LogP contribution in [-0.2, 0) is 5.41 Å². The number of aromatic nitrogens is 1. The molecule has 2 aromatic carbocycles. The van der Waals surface area contributed by atoms with Crippen molar-refractivity contribution in [2.24, 2.45) is 0 Å². The predicted molar refractivity (Wildman–Crippen MR) is 140 cm³/mol. The van der Waals surface area contributed by atoms with Crippen LogP contribution in [0.2, 0.25) is 10.2 Å². The van der Waals surface area contributed by atoms with Crippen LogP contribution in [0.4, 0.5) is 5.69 Å². The maximum absolute atomic E-state index is 13.4. The number of rotatable bonds is 4. The molecule has 3 aromatic rings. The normalized spacial score (nSPS) is 17.4. The van der Waals surface area contributed by atoms with Crippen LogP contribution in [0.25, 0.3) is 6.08 Å². The molecule has 1 spiro atoms. The van der Waals surface area contributed by atoms with Crippen molar-refractivity contribution >= 4 is 40.9 Å². The van der Waals surface area contributed by atoms with E-state index in [0.29, 0.717) is 22.3 Å². The third-order valence-electron chi connectivity index (χ3n) is 7.03. The second-order valence-electron chi connectivity index (χ2n) is 9.32. The van der Waals surface area contributed by atoms with Crippen LogP contribution in [0.3, 0.4) is 0 Å². The van der Waals surface area contributed by atoms with E-state index in [1.165, 1.54) is 16.7 Å². The van der Waals surface area contributed by atoms with Crippen molar-refractivity contribution in [3.63, 3.8) is 0 Å². The van der Waals surface area contributed by atoms with E-state index < -0.39 is 0 Å². The maximum atomic E-state index is 13.4. The number of amides is 1. The first-order valence-corrected chi connectivity index (χ1v) is 12.4. The monoisotopic (exact) mass is 491 g/mol. The average Bonchev–Trinajstić information content (AvgIpc) is 3.13. The number of anilines is 1. The zero-order valence-corrected chi connectivity index (χ0v) is 20.7. The van der Waals surface area contributed by atoms with Gasteiger partial charge in [-0.2, -0.15) is 0 Å². The van der Waals surface area contributed by atoms with Crippen molar-refractivity contribution in [1.82, 2.24) is 9.88 Å². The minimum atomic E-state index is -0.0799. The number of likely N-dealkylation sites (tertiary alicyclic amines) is 1. The van der Waals surface area contributed by atoms with Gasteiger partial charge in [0.15, 0.2) is 0 Å². The van der Waals surface area contributed by atoms with Gasteiger partial charge in [-0.15, -0.1) is 0 Å². The number of fused-ring (bicyclic) bond motifs is 2. The Bertz CT molecular complexity index is 1250. The Balaban J connectivity index is 1.32. The summed E-state index contributed by atoms with van der Waals surface area (Å²) in [6, 6.07) is 17.8. The van der Waals surface area contributed by atoms with Crippen molar-refractivity contribution in [1.29, 1.82) is 0 Å². The molecule has 0 radical (unpaired) electrons. The fourth-order valence-corrected chi connectivity index (χ4v) is 5.56. The lowest BCUT2D eigenvalue weighted by atomic mass is 9.74. The van der Waals surface area contributed by atoms with Crippen molar-refractivity contribution in [3.05, 3.63) is 99.3 Å². The molecule has 4 nitrogen and oxygen atoms in total. The van der Waals surface area contributed by atoms with Crippen LogP contribution in [0.1, 0.15) is 39.9 Å². The number of hydrogen-bond acceptors (Lipinski definition) is 3. The second kappa shape index (κ2) is 9.53. The Morgan fingerprint density at radius 3 is 2.68 bits per heavy atom. The van der Waals surface area contributed by atoms with Gasteiger partial charge in [0.25, 0.3) is 5.91 Å². The standard InChI is InChI=1S/C28H27Cl2N3O/c1-20-4-2-5-21(16-20)6-3-13-32-14-10-28(11-15-32)19-33(25-8-7-23(29)18-24(25)28)27(34)22-9-12-31-26(30)17-22/h2-9,12,16-18H,10-11,13-15,19H2,1H3/b6-3+. The van der Waals surface area contributed by atoms with Gasteiger partial charge in [0.05, 0.1) is 0 Å². The SMILES string of the molecule is Cc1cccc(/C=C/CN2CCC3(CC2)CN(C(=O)c2ccnc(Cl)c2)c2ccc(Cl)cc23)c1. The lowest BCUT2D eigenvalue weighted by molar-refractivity contribution is 0.0977. The van der Waals surface area contributed by atoms with Crippen LogP contribution in [-0.4, -0.2) is 42.0 Å². The van der Waals surface area contributed by atoms with Gasteiger partial charge >= 0.3 is 0 Å². The molecule has 2 aliphatic rings. The fraction of sp³-hybridized carbons (Fsp3) is 0.286. The first kappa shape index (κ1) is 23.1. The molecule has 1 fully saturated rings. The minimum Gasteiger partial charge on any atom is -0.307 e. The van der Waals surface area contributed by atoms with Crippen molar-refractivity contribution in [2.45, 2.75) is 25.2 Å². The third kappa shape index (κ3) is 4.63. The van der Waals surface area contributed by atoms with Crippen molar-refractivity contribution < 1.29 is 4.79 Å². The highest BCUT2D eigenvalue weighted by atomic mass is 35.5. The van der Waals surface area contributed by atoms with Gasteiger partial charge in [-0.25, -0.2) is 4.98 Å². The van der Waals surface area contributed by atoms with E-state index >= 15 is 0 Å². The Morgan fingerprint density at radius 2 is 1.91 bits per heavy atom. The van der Waals surface area contributed by atoms with Gasteiger partial charge in [0.1, 0.15) is 5.15 Å². The molecule has 0 atom stereocenters. The maximum Gasteiger partial charge on any atom is 0.258 e. The first-order chi connectivity index (χ1) is 16.4. The minimum absolute atomic E-state index is 0.0479. The Labute approximate surface area is 210 Å². The van der Waals surface area contributed by atoms with Crippen molar-refractivity contribution in [2.75, 3.05) is 31.1 Å². The number of pyridine rings is 1. The molecule has 1 aromatic heterocycles. The van der Waals surface area contributed by atoms with E-state index in [1.54, 1.807) is 18.3 Å². The van der Waals surface area contributed by atoms with Crippen LogP contribution < -0.4 is 4.90 Å². The Morgan fingerprint density at radius 1 is 1.09 bits per heavy atom. The molecular weight excluding hydrogens is 465 g/mol. The van der Waals surface area contributed by atoms with Crippen LogP contribution in [0, 0.1) is 6.92 Å². The average molecular weight is 492 g/mol. The molecule has 1 saturated heterocycles. The highest BCUT2D eigenvalue weighted by Gasteiger charge is 2.46. The van der Waals surface area contributed by atoms with Crippen LogP contribution >= 0.6 is 23.2 Å². The molecule has 3 heterocycles. The predicted octanol–water partition coefficient (Wildman–Crippen LogP) is 6.40. The van der Waals surface area contributed by atoms with Gasteiger partial charge in [0.2, 0.25) is 0 Å².